The second-order valence-electron chi connectivity index (χ2n) is 4.56. The molecule has 0 radical (unpaired) electrons. The van der Waals surface area contributed by atoms with E-state index in [0.717, 1.165) is 24.3 Å². The number of oxime groups is 1. The SMILES string of the molecule is N/C(=N\OS(=O)(=O)c1ccc([N+](=O)[O-])cc1)c1ccc([N+](=O)[O-])cc1. The summed E-state index contributed by atoms with van der Waals surface area (Å²) in [6.45, 7) is 0. The predicted octanol–water partition coefficient (Wildman–Crippen LogP) is 1.53. The van der Waals surface area contributed by atoms with E-state index in [1.165, 1.54) is 24.3 Å². The number of nitro groups is 2. The second-order valence-corrected chi connectivity index (χ2v) is 6.09. The van der Waals surface area contributed by atoms with Crippen LogP contribution in [0, 0.1) is 20.2 Å². The zero-order valence-corrected chi connectivity index (χ0v) is 13.1. The van der Waals surface area contributed by atoms with Crippen LogP contribution in [0.4, 0.5) is 11.4 Å². The van der Waals surface area contributed by atoms with E-state index >= 15 is 0 Å². The Labute approximate surface area is 140 Å². The maximum absolute atomic E-state index is 11.9. The number of hydrogen-bond donors (Lipinski definition) is 1. The summed E-state index contributed by atoms with van der Waals surface area (Å²) in [5.41, 5.74) is 5.33. The van der Waals surface area contributed by atoms with Gasteiger partial charge >= 0.3 is 10.1 Å². The molecule has 11 nitrogen and oxygen atoms in total. The Morgan fingerprint density at radius 1 is 0.920 bits per heavy atom. The zero-order chi connectivity index (χ0) is 18.6. The lowest BCUT2D eigenvalue weighted by atomic mass is 10.2. The molecule has 2 aromatic rings. The van der Waals surface area contributed by atoms with Gasteiger partial charge < -0.3 is 5.73 Å². The Bertz CT molecular complexity index is 937. The van der Waals surface area contributed by atoms with Crippen LogP contribution in [0.1, 0.15) is 5.56 Å². The lowest BCUT2D eigenvalue weighted by Crippen LogP contribution is -2.15. The maximum Gasteiger partial charge on any atom is 0.358 e. The van der Waals surface area contributed by atoms with Crippen molar-refractivity contribution in [2.45, 2.75) is 4.90 Å². The number of hydrogen-bond acceptors (Lipinski definition) is 8. The van der Waals surface area contributed by atoms with Crippen molar-refractivity contribution in [3.63, 3.8) is 0 Å². The second kappa shape index (κ2) is 6.92. The van der Waals surface area contributed by atoms with Gasteiger partial charge in [-0.3, -0.25) is 24.5 Å². The molecular formula is C13H10N4O7S. The van der Waals surface area contributed by atoms with E-state index < -0.39 is 20.0 Å². The van der Waals surface area contributed by atoms with Crippen molar-refractivity contribution >= 4 is 27.3 Å². The van der Waals surface area contributed by atoms with Crippen molar-refractivity contribution in [1.82, 2.24) is 0 Å². The molecule has 0 spiro atoms. The fourth-order valence-corrected chi connectivity index (χ4v) is 2.41. The topological polar surface area (TPSA) is 168 Å². The number of nitrogens with two attached hydrogens (primary N) is 1. The normalized spacial score (nSPS) is 11.8. The molecule has 0 amide bonds. The first-order chi connectivity index (χ1) is 11.7. The monoisotopic (exact) mass is 366 g/mol. The molecule has 0 aliphatic heterocycles. The molecule has 0 heterocycles. The minimum Gasteiger partial charge on any atom is -0.380 e. The molecule has 2 aromatic carbocycles. The van der Waals surface area contributed by atoms with E-state index in [4.69, 9.17) is 5.73 Å². The summed E-state index contributed by atoms with van der Waals surface area (Å²) in [7, 11) is -4.33. The predicted molar refractivity (Wildman–Crippen MR) is 85.2 cm³/mol. The van der Waals surface area contributed by atoms with Crippen LogP contribution in [0.5, 0.6) is 0 Å². The van der Waals surface area contributed by atoms with Gasteiger partial charge in [0.25, 0.3) is 11.4 Å². The van der Waals surface area contributed by atoms with Crippen LogP contribution in [0.15, 0.2) is 58.6 Å². The van der Waals surface area contributed by atoms with Gasteiger partial charge in [-0.2, -0.15) is 8.42 Å². The average molecular weight is 366 g/mol. The third-order valence-corrected chi connectivity index (χ3v) is 4.06. The number of nitrogens with zero attached hydrogens (tertiary/aromatic N) is 3. The number of benzene rings is 2. The summed E-state index contributed by atoms with van der Waals surface area (Å²) in [4.78, 5) is 19.5. The summed E-state index contributed by atoms with van der Waals surface area (Å²) in [5.74, 6) is -0.319. The van der Waals surface area contributed by atoms with E-state index in [9.17, 15) is 28.6 Å². The summed E-state index contributed by atoms with van der Waals surface area (Å²) in [6, 6.07) is 8.87. The largest absolute Gasteiger partial charge is 0.380 e. The first-order valence-electron chi connectivity index (χ1n) is 6.47. The lowest BCUT2D eigenvalue weighted by Gasteiger charge is -2.03. The minimum absolute atomic E-state index is 0.170. The van der Waals surface area contributed by atoms with Crippen LogP contribution in [0.2, 0.25) is 0 Å². The van der Waals surface area contributed by atoms with Crippen molar-refractivity contribution in [3.05, 3.63) is 74.3 Å². The molecule has 0 bridgehead atoms. The van der Waals surface area contributed by atoms with Crippen LogP contribution < -0.4 is 5.73 Å². The molecule has 0 aromatic heterocycles. The summed E-state index contributed by atoms with van der Waals surface area (Å²) < 4.78 is 28.3. The minimum atomic E-state index is -4.33. The van der Waals surface area contributed by atoms with Crippen molar-refractivity contribution < 1.29 is 22.5 Å². The van der Waals surface area contributed by atoms with Gasteiger partial charge in [-0.15, -0.1) is 0 Å². The van der Waals surface area contributed by atoms with E-state index in [1.807, 2.05) is 0 Å². The van der Waals surface area contributed by atoms with Crippen molar-refractivity contribution in [2.24, 2.45) is 10.9 Å². The quantitative estimate of drug-likeness (QED) is 0.347. The van der Waals surface area contributed by atoms with Crippen LogP contribution in [0.25, 0.3) is 0 Å². The van der Waals surface area contributed by atoms with Gasteiger partial charge in [0.2, 0.25) is 0 Å². The van der Waals surface area contributed by atoms with E-state index in [-0.39, 0.29) is 27.7 Å². The summed E-state index contributed by atoms with van der Waals surface area (Å²) >= 11 is 0. The van der Waals surface area contributed by atoms with Gasteiger partial charge in [-0.1, -0.05) is 0 Å². The van der Waals surface area contributed by atoms with Gasteiger partial charge in [0.15, 0.2) is 5.84 Å². The molecule has 25 heavy (non-hydrogen) atoms. The Balaban J connectivity index is 2.17. The Hall–Kier alpha value is -3.54. The van der Waals surface area contributed by atoms with Crippen LogP contribution in [-0.2, 0) is 14.4 Å². The number of non-ortho nitro benzene ring substituents is 2. The number of rotatable bonds is 6. The first kappa shape index (κ1) is 17.8. The van der Waals surface area contributed by atoms with Crippen LogP contribution in [0.3, 0.4) is 0 Å². The zero-order valence-electron chi connectivity index (χ0n) is 12.3. The number of amidine groups is 1. The lowest BCUT2D eigenvalue weighted by molar-refractivity contribution is -0.385. The Morgan fingerprint density at radius 3 is 1.80 bits per heavy atom. The van der Waals surface area contributed by atoms with Crippen LogP contribution >= 0.6 is 0 Å². The molecule has 130 valence electrons. The highest BCUT2D eigenvalue weighted by atomic mass is 32.2. The third-order valence-electron chi connectivity index (χ3n) is 2.94. The first-order valence-corrected chi connectivity index (χ1v) is 7.88. The maximum atomic E-state index is 11.9. The summed E-state index contributed by atoms with van der Waals surface area (Å²) in [6.07, 6.45) is 0. The van der Waals surface area contributed by atoms with Gasteiger partial charge in [0.1, 0.15) is 4.90 Å². The van der Waals surface area contributed by atoms with Gasteiger partial charge in [-0.25, -0.2) is 0 Å². The van der Waals surface area contributed by atoms with Gasteiger partial charge in [0.05, 0.1) is 9.85 Å². The smallest absolute Gasteiger partial charge is 0.358 e. The molecule has 0 aliphatic rings. The van der Waals surface area contributed by atoms with Crippen molar-refractivity contribution in [1.29, 1.82) is 0 Å². The molecule has 0 unspecified atom stereocenters. The molecule has 0 atom stereocenters. The van der Waals surface area contributed by atoms with Gasteiger partial charge in [0, 0.05) is 29.8 Å². The number of nitro benzene ring substituents is 2. The average Bonchev–Trinajstić information content (AvgIpc) is 2.60. The third kappa shape index (κ3) is 4.26. The van der Waals surface area contributed by atoms with E-state index in [0.29, 0.717) is 0 Å². The highest BCUT2D eigenvalue weighted by Crippen LogP contribution is 2.18. The van der Waals surface area contributed by atoms with Crippen molar-refractivity contribution in [3.8, 4) is 0 Å². The van der Waals surface area contributed by atoms with E-state index in [1.54, 1.807) is 0 Å². The van der Waals surface area contributed by atoms with E-state index in [2.05, 4.69) is 9.44 Å². The molecule has 0 aliphatic carbocycles. The molecule has 2 rings (SSSR count). The van der Waals surface area contributed by atoms with Crippen molar-refractivity contribution in [2.75, 3.05) is 0 Å². The molecule has 2 N–H and O–H groups in total. The summed E-state index contributed by atoms with van der Waals surface area (Å²) in [5, 5.41) is 24.4. The van der Waals surface area contributed by atoms with Crippen LogP contribution in [-0.4, -0.2) is 24.1 Å². The highest BCUT2D eigenvalue weighted by molar-refractivity contribution is 7.86. The molecule has 12 heteroatoms. The highest BCUT2D eigenvalue weighted by Gasteiger charge is 2.18. The fourth-order valence-electron chi connectivity index (χ4n) is 1.67. The Morgan fingerprint density at radius 2 is 1.36 bits per heavy atom. The molecule has 0 saturated carbocycles. The fraction of sp³-hybridized carbons (Fsp3) is 0. The van der Waals surface area contributed by atoms with Gasteiger partial charge in [-0.05, 0) is 29.4 Å². The molecule has 0 fully saturated rings. The standard InChI is InChI=1S/C13H10N4O7S/c14-13(9-1-3-10(4-2-9)16(18)19)15-24-25(22,23)12-7-5-11(6-8-12)17(20)21/h1-8H,(H2,14,15). The molecular weight excluding hydrogens is 356 g/mol. The Kier molecular flexibility index (Phi) is 4.93. The molecule has 0 saturated heterocycles.